The molecule has 2 aliphatic heterocycles. The number of carbonyl (C=O) groups excluding carboxylic acids is 1. The van der Waals surface area contributed by atoms with E-state index in [1.807, 2.05) is 13.0 Å². The molecule has 28 heavy (non-hydrogen) atoms. The fraction of sp³-hybridized carbons (Fsp3) is 0.381. The Morgan fingerprint density at radius 2 is 1.93 bits per heavy atom. The number of anilines is 1. The van der Waals surface area contributed by atoms with Gasteiger partial charge in [-0.15, -0.1) is 0 Å². The molecule has 1 unspecified atom stereocenters. The predicted octanol–water partition coefficient (Wildman–Crippen LogP) is 3.69. The van der Waals surface area contributed by atoms with Crippen molar-refractivity contribution in [1.29, 1.82) is 0 Å². The number of benzene rings is 2. The zero-order valence-corrected chi connectivity index (χ0v) is 16.4. The fourth-order valence-corrected chi connectivity index (χ4v) is 3.65. The molecule has 1 N–H and O–H groups in total. The molecule has 4 rings (SSSR count). The maximum atomic E-state index is 12.7. The number of hydrogen-bond acceptors (Lipinski definition) is 6. The lowest BCUT2D eigenvalue weighted by Gasteiger charge is -2.36. The molecule has 2 aromatic rings. The quantitative estimate of drug-likeness (QED) is 0.839. The Hall–Kier alpha value is -2.44. The SMILES string of the molecule is CC1(COc2ccc(Cl)cc2)CC(=O)c2c(O)cc(N3CCOCC3)cc2O1. The molecule has 0 aromatic heterocycles. The smallest absolute Gasteiger partial charge is 0.174 e. The number of phenolic OH excluding ortho intramolecular Hbond substituents is 1. The first kappa shape index (κ1) is 18.9. The molecule has 7 heteroatoms. The lowest BCUT2D eigenvalue weighted by atomic mass is 9.91. The summed E-state index contributed by atoms with van der Waals surface area (Å²) < 4.78 is 17.4. The molecule has 0 amide bonds. The monoisotopic (exact) mass is 403 g/mol. The van der Waals surface area contributed by atoms with E-state index < -0.39 is 5.60 Å². The number of halogens is 1. The first-order valence-corrected chi connectivity index (χ1v) is 9.62. The second-order valence-electron chi connectivity index (χ2n) is 7.33. The van der Waals surface area contributed by atoms with Gasteiger partial charge in [0.15, 0.2) is 5.78 Å². The standard InChI is InChI=1S/C21H22ClNO5/c1-21(13-27-16-4-2-14(22)3-5-16)12-18(25)20-17(24)10-15(11-19(20)28-21)23-6-8-26-9-7-23/h2-5,10-11,24H,6-9,12-13H2,1H3. The fourth-order valence-electron chi connectivity index (χ4n) is 3.53. The third-order valence-corrected chi connectivity index (χ3v) is 5.22. The molecule has 1 fully saturated rings. The number of carbonyl (C=O) groups is 1. The molecule has 6 nitrogen and oxygen atoms in total. The van der Waals surface area contributed by atoms with Crippen LogP contribution in [0.15, 0.2) is 36.4 Å². The van der Waals surface area contributed by atoms with Gasteiger partial charge in [0.05, 0.1) is 19.6 Å². The molecular weight excluding hydrogens is 382 g/mol. The number of hydrogen-bond donors (Lipinski definition) is 1. The summed E-state index contributed by atoms with van der Waals surface area (Å²) in [6.45, 7) is 4.74. The molecule has 0 spiro atoms. The second-order valence-corrected chi connectivity index (χ2v) is 7.77. The third kappa shape index (κ3) is 3.88. The van der Waals surface area contributed by atoms with E-state index in [2.05, 4.69) is 4.90 Å². The zero-order valence-electron chi connectivity index (χ0n) is 15.6. The number of morpholine rings is 1. The van der Waals surface area contributed by atoms with E-state index in [9.17, 15) is 9.90 Å². The molecule has 0 bridgehead atoms. The predicted molar refractivity (Wildman–Crippen MR) is 106 cm³/mol. The lowest BCUT2D eigenvalue weighted by molar-refractivity contribution is 0.0186. The largest absolute Gasteiger partial charge is 0.507 e. The van der Waals surface area contributed by atoms with Crippen LogP contribution in [0.4, 0.5) is 5.69 Å². The summed E-state index contributed by atoms with van der Waals surface area (Å²) in [5.74, 6) is 0.830. The Morgan fingerprint density at radius 3 is 2.64 bits per heavy atom. The number of fused-ring (bicyclic) bond motifs is 1. The molecule has 2 aromatic carbocycles. The molecule has 1 atom stereocenters. The van der Waals surface area contributed by atoms with Crippen LogP contribution < -0.4 is 14.4 Å². The van der Waals surface area contributed by atoms with E-state index in [0.717, 1.165) is 18.8 Å². The minimum Gasteiger partial charge on any atom is -0.507 e. The molecule has 148 valence electrons. The van der Waals surface area contributed by atoms with Crippen molar-refractivity contribution in [1.82, 2.24) is 0 Å². The van der Waals surface area contributed by atoms with Crippen LogP contribution >= 0.6 is 11.6 Å². The molecule has 2 heterocycles. The van der Waals surface area contributed by atoms with Crippen LogP contribution in [0.5, 0.6) is 17.2 Å². The zero-order chi connectivity index (χ0) is 19.7. The minimum absolute atomic E-state index is 0.0512. The van der Waals surface area contributed by atoms with Crippen LogP contribution in [0.1, 0.15) is 23.7 Å². The van der Waals surface area contributed by atoms with Gasteiger partial charge in [-0.25, -0.2) is 0 Å². The van der Waals surface area contributed by atoms with Crippen molar-refractivity contribution in [2.45, 2.75) is 18.9 Å². The summed E-state index contributed by atoms with van der Waals surface area (Å²) in [6, 6.07) is 10.5. The summed E-state index contributed by atoms with van der Waals surface area (Å²) in [5.41, 5.74) is 0.218. The summed E-state index contributed by atoms with van der Waals surface area (Å²) >= 11 is 5.90. The van der Waals surface area contributed by atoms with Gasteiger partial charge in [0, 0.05) is 35.9 Å². The normalized spacial score (nSPS) is 21.8. The van der Waals surface area contributed by atoms with Crippen molar-refractivity contribution in [3.8, 4) is 17.2 Å². The molecular formula is C21H22ClNO5. The van der Waals surface area contributed by atoms with Crippen molar-refractivity contribution in [3.05, 3.63) is 47.0 Å². The highest BCUT2D eigenvalue weighted by Gasteiger charge is 2.39. The second kappa shape index (κ2) is 7.53. The van der Waals surface area contributed by atoms with Gasteiger partial charge in [0.25, 0.3) is 0 Å². The Kier molecular flexibility index (Phi) is 5.08. The summed E-state index contributed by atoms with van der Waals surface area (Å²) in [7, 11) is 0. The number of ether oxygens (including phenoxy) is 3. The van der Waals surface area contributed by atoms with E-state index in [0.29, 0.717) is 29.7 Å². The van der Waals surface area contributed by atoms with Crippen molar-refractivity contribution in [2.24, 2.45) is 0 Å². The van der Waals surface area contributed by atoms with Gasteiger partial charge in [0.2, 0.25) is 0 Å². The average molecular weight is 404 g/mol. The third-order valence-electron chi connectivity index (χ3n) is 4.97. The molecule has 1 saturated heterocycles. The van der Waals surface area contributed by atoms with Gasteiger partial charge in [-0.1, -0.05) is 11.6 Å². The average Bonchev–Trinajstić information content (AvgIpc) is 2.67. The van der Waals surface area contributed by atoms with Crippen LogP contribution in [0, 0.1) is 0 Å². The Labute approximate surface area is 168 Å². The number of aromatic hydroxyl groups is 1. The maximum absolute atomic E-state index is 12.7. The number of rotatable bonds is 4. The van der Waals surface area contributed by atoms with Gasteiger partial charge in [0.1, 0.15) is 35.0 Å². The van der Waals surface area contributed by atoms with E-state index in [-0.39, 0.29) is 30.1 Å². The van der Waals surface area contributed by atoms with E-state index in [1.165, 1.54) is 0 Å². The molecule has 2 aliphatic rings. The highest BCUT2D eigenvalue weighted by Crippen LogP contribution is 2.41. The van der Waals surface area contributed by atoms with E-state index >= 15 is 0 Å². The summed E-state index contributed by atoms with van der Waals surface area (Å²) in [5, 5.41) is 11.1. The van der Waals surface area contributed by atoms with Crippen LogP contribution in [0.25, 0.3) is 0 Å². The first-order valence-electron chi connectivity index (χ1n) is 9.24. The van der Waals surface area contributed by atoms with E-state index in [4.69, 9.17) is 25.8 Å². The summed E-state index contributed by atoms with van der Waals surface area (Å²) in [6.07, 6.45) is 0.123. The highest BCUT2D eigenvalue weighted by molar-refractivity contribution is 6.30. The number of ketones is 1. The van der Waals surface area contributed by atoms with Gasteiger partial charge in [-0.2, -0.15) is 0 Å². The summed E-state index contributed by atoms with van der Waals surface area (Å²) in [4.78, 5) is 14.8. The van der Waals surface area contributed by atoms with Crippen LogP contribution in [-0.4, -0.2) is 49.4 Å². The number of phenols is 1. The van der Waals surface area contributed by atoms with Crippen LogP contribution in [-0.2, 0) is 4.74 Å². The number of Topliss-reactive ketones (excluding diaryl/α,β-unsaturated/α-hetero) is 1. The van der Waals surface area contributed by atoms with E-state index in [1.54, 1.807) is 30.3 Å². The molecule has 0 saturated carbocycles. The minimum atomic E-state index is -0.834. The lowest BCUT2D eigenvalue weighted by Crippen LogP contribution is -2.44. The van der Waals surface area contributed by atoms with Gasteiger partial charge >= 0.3 is 0 Å². The van der Waals surface area contributed by atoms with Crippen molar-refractivity contribution >= 4 is 23.1 Å². The Bertz CT molecular complexity index is 879. The van der Waals surface area contributed by atoms with Gasteiger partial charge in [-0.05, 0) is 31.2 Å². The molecule has 0 aliphatic carbocycles. The topological polar surface area (TPSA) is 68.2 Å². The van der Waals surface area contributed by atoms with Gasteiger partial charge in [-0.3, -0.25) is 4.79 Å². The number of nitrogens with zero attached hydrogens (tertiary/aromatic N) is 1. The highest BCUT2D eigenvalue weighted by atomic mass is 35.5. The van der Waals surface area contributed by atoms with Crippen molar-refractivity contribution in [2.75, 3.05) is 37.8 Å². The molecule has 0 radical (unpaired) electrons. The van der Waals surface area contributed by atoms with Crippen LogP contribution in [0.3, 0.4) is 0 Å². The van der Waals surface area contributed by atoms with Crippen LogP contribution in [0.2, 0.25) is 5.02 Å². The maximum Gasteiger partial charge on any atom is 0.174 e. The van der Waals surface area contributed by atoms with Crippen molar-refractivity contribution < 1.29 is 24.1 Å². The Balaban J connectivity index is 1.56. The Morgan fingerprint density at radius 1 is 1.21 bits per heavy atom. The van der Waals surface area contributed by atoms with Crippen molar-refractivity contribution in [3.63, 3.8) is 0 Å². The van der Waals surface area contributed by atoms with Gasteiger partial charge < -0.3 is 24.2 Å². The first-order chi connectivity index (χ1) is 13.4.